The molecule has 1 aromatic carbocycles. The van der Waals surface area contributed by atoms with Crippen molar-refractivity contribution in [3.8, 4) is 11.1 Å². The van der Waals surface area contributed by atoms with E-state index in [2.05, 4.69) is 5.10 Å². The lowest BCUT2D eigenvalue weighted by atomic mass is 10.1. The Morgan fingerprint density at radius 3 is 2.38 bits per heavy atom. The summed E-state index contributed by atoms with van der Waals surface area (Å²) in [5.41, 5.74) is 5.74. The molecule has 1 aromatic heterocycles. The number of aryl methyl sites for hydroxylation is 1. The van der Waals surface area contributed by atoms with Gasteiger partial charge in [-0.15, -0.1) is 0 Å². The number of nitrogens with zero attached hydrogens (tertiary/aromatic N) is 2. The molecule has 0 saturated carbocycles. The van der Waals surface area contributed by atoms with Gasteiger partial charge >= 0.3 is 0 Å². The van der Waals surface area contributed by atoms with E-state index in [1.54, 1.807) is 7.05 Å². The summed E-state index contributed by atoms with van der Waals surface area (Å²) in [5.74, 6) is -3.82. The molecule has 0 fully saturated rings. The zero-order valence-electron chi connectivity index (χ0n) is 8.34. The van der Waals surface area contributed by atoms with Crippen LogP contribution in [0, 0.1) is 17.5 Å². The van der Waals surface area contributed by atoms with E-state index in [4.69, 9.17) is 5.73 Å². The molecule has 0 atom stereocenters. The van der Waals surface area contributed by atoms with Crippen LogP contribution in [0.5, 0.6) is 0 Å². The first-order chi connectivity index (χ1) is 7.52. The average Bonchev–Trinajstić information content (AvgIpc) is 2.58. The number of halogens is 3. The Labute approximate surface area is 89.3 Å². The van der Waals surface area contributed by atoms with Crippen LogP contribution in [0.2, 0.25) is 0 Å². The molecule has 2 N–H and O–H groups in total. The number of hydrogen-bond acceptors (Lipinski definition) is 2. The lowest BCUT2D eigenvalue weighted by Crippen LogP contribution is -1.99. The van der Waals surface area contributed by atoms with Gasteiger partial charge in [0.25, 0.3) is 0 Å². The van der Waals surface area contributed by atoms with E-state index in [9.17, 15) is 13.2 Å². The highest BCUT2D eigenvalue weighted by Gasteiger charge is 2.17. The number of hydrogen-bond donors (Lipinski definition) is 1. The summed E-state index contributed by atoms with van der Waals surface area (Å²) in [6, 6.07) is 1.97. The number of rotatable bonds is 1. The Hall–Kier alpha value is -1.98. The maximum absolute atomic E-state index is 13.4. The summed E-state index contributed by atoms with van der Waals surface area (Å²) in [4.78, 5) is 0. The molecule has 84 valence electrons. The van der Waals surface area contributed by atoms with Gasteiger partial charge in [0.05, 0.1) is 6.20 Å². The molecule has 1 heterocycles. The second-order valence-electron chi connectivity index (χ2n) is 3.29. The Balaban J connectivity index is 2.66. The van der Waals surface area contributed by atoms with Crippen molar-refractivity contribution < 1.29 is 13.2 Å². The van der Waals surface area contributed by atoms with Crippen molar-refractivity contribution >= 4 is 5.82 Å². The van der Waals surface area contributed by atoms with Crippen molar-refractivity contribution in [2.75, 3.05) is 5.73 Å². The van der Waals surface area contributed by atoms with Crippen LogP contribution in [0.15, 0.2) is 18.3 Å². The molecule has 0 unspecified atom stereocenters. The zero-order valence-corrected chi connectivity index (χ0v) is 8.34. The van der Waals surface area contributed by atoms with E-state index in [0.717, 1.165) is 12.1 Å². The fourth-order valence-corrected chi connectivity index (χ4v) is 1.39. The van der Waals surface area contributed by atoms with Crippen LogP contribution in [-0.2, 0) is 7.05 Å². The van der Waals surface area contributed by atoms with Crippen LogP contribution in [-0.4, -0.2) is 9.78 Å². The van der Waals surface area contributed by atoms with Crippen molar-refractivity contribution in [3.63, 3.8) is 0 Å². The first-order valence-corrected chi connectivity index (χ1v) is 4.43. The number of nitrogens with two attached hydrogens (primary N) is 1. The van der Waals surface area contributed by atoms with Crippen molar-refractivity contribution in [3.05, 3.63) is 35.8 Å². The molecule has 0 aliphatic carbocycles. The third kappa shape index (κ3) is 1.42. The lowest BCUT2D eigenvalue weighted by molar-refractivity contribution is 0.449. The highest BCUT2D eigenvalue weighted by molar-refractivity contribution is 5.73. The largest absolute Gasteiger partial charge is 0.383 e. The molecule has 6 heteroatoms. The number of anilines is 1. The standard InChI is InChI=1S/C10H8F3N3/c1-16-10(14)6(4-15-16)5-2-3-7(11)9(13)8(5)12/h2-4H,14H2,1H3. The van der Waals surface area contributed by atoms with Crippen molar-refractivity contribution in [1.29, 1.82) is 0 Å². The molecule has 2 aromatic rings. The Bertz CT molecular complexity index is 548. The Kier molecular flexibility index (Phi) is 2.34. The fourth-order valence-electron chi connectivity index (χ4n) is 1.39. The second kappa shape index (κ2) is 3.55. The van der Waals surface area contributed by atoms with Crippen LogP contribution in [0.3, 0.4) is 0 Å². The van der Waals surface area contributed by atoms with Gasteiger partial charge in [0.2, 0.25) is 0 Å². The summed E-state index contributed by atoms with van der Waals surface area (Å²) in [7, 11) is 1.57. The van der Waals surface area contributed by atoms with Crippen LogP contribution >= 0.6 is 0 Å². The molecule has 0 bridgehead atoms. The second-order valence-corrected chi connectivity index (χ2v) is 3.29. The lowest BCUT2D eigenvalue weighted by Gasteiger charge is -2.03. The molecule has 0 radical (unpaired) electrons. The summed E-state index contributed by atoms with van der Waals surface area (Å²) in [6.45, 7) is 0. The SMILES string of the molecule is Cn1ncc(-c2ccc(F)c(F)c2F)c1N. The first kappa shape index (κ1) is 10.5. The monoisotopic (exact) mass is 227 g/mol. The van der Waals surface area contributed by atoms with Gasteiger partial charge in [-0.05, 0) is 12.1 Å². The molecule has 0 aliphatic heterocycles. The average molecular weight is 227 g/mol. The smallest absolute Gasteiger partial charge is 0.195 e. The maximum Gasteiger partial charge on any atom is 0.195 e. The van der Waals surface area contributed by atoms with Gasteiger partial charge in [-0.3, -0.25) is 4.68 Å². The van der Waals surface area contributed by atoms with Crippen molar-refractivity contribution in [2.45, 2.75) is 0 Å². The van der Waals surface area contributed by atoms with Gasteiger partial charge in [0.1, 0.15) is 5.82 Å². The third-order valence-corrected chi connectivity index (χ3v) is 2.31. The van der Waals surface area contributed by atoms with Gasteiger partial charge in [0.15, 0.2) is 17.5 Å². The molecule has 0 spiro atoms. The topological polar surface area (TPSA) is 43.8 Å². The molecule has 0 saturated heterocycles. The molecular formula is C10H8F3N3. The van der Waals surface area contributed by atoms with Crippen LogP contribution in [0.25, 0.3) is 11.1 Å². The highest BCUT2D eigenvalue weighted by atomic mass is 19.2. The number of benzene rings is 1. The predicted molar refractivity (Wildman–Crippen MR) is 52.9 cm³/mol. The van der Waals surface area contributed by atoms with Crippen molar-refractivity contribution in [2.24, 2.45) is 7.05 Å². The molecule has 16 heavy (non-hydrogen) atoms. The number of aromatic nitrogens is 2. The van der Waals surface area contributed by atoms with E-state index >= 15 is 0 Å². The Morgan fingerprint density at radius 2 is 1.81 bits per heavy atom. The van der Waals surface area contributed by atoms with E-state index in [1.165, 1.54) is 10.9 Å². The van der Waals surface area contributed by atoms with Gasteiger partial charge < -0.3 is 5.73 Å². The quantitative estimate of drug-likeness (QED) is 0.758. The Morgan fingerprint density at radius 1 is 1.12 bits per heavy atom. The molecule has 3 nitrogen and oxygen atoms in total. The highest BCUT2D eigenvalue weighted by Crippen LogP contribution is 2.29. The van der Waals surface area contributed by atoms with Crippen LogP contribution in [0.1, 0.15) is 0 Å². The van der Waals surface area contributed by atoms with Crippen LogP contribution in [0.4, 0.5) is 19.0 Å². The van der Waals surface area contributed by atoms with Gasteiger partial charge in [0, 0.05) is 18.2 Å². The summed E-state index contributed by atoms with van der Waals surface area (Å²) < 4.78 is 40.5. The fraction of sp³-hybridized carbons (Fsp3) is 0.100. The van der Waals surface area contributed by atoms with Gasteiger partial charge in [-0.25, -0.2) is 13.2 Å². The molecule has 0 aliphatic rings. The van der Waals surface area contributed by atoms with E-state index < -0.39 is 17.5 Å². The molecular weight excluding hydrogens is 219 g/mol. The van der Waals surface area contributed by atoms with Crippen molar-refractivity contribution in [1.82, 2.24) is 9.78 Å². The van der Waals surface area contributed by atoms with Crippen LogP contribution < -0.4 is 5.73 Å². The summed E-state index contributed by atoms with van der Waals surface area (Å²) in [6.07, 6.45) is 1.30. The minimum Gasteiger partial charge on any atom is -0.383 e. The molecule has 2 rings (SSSR count). The first-order valence-electron chi connectivity index (χ1n) is 4.43. The molecule has 0 amide bonds. The van der Waals surface area contributed by atoms with E-state index in [0.29, 0.717) is 0 Å². The minimum atomic E-state index is -1.51. The summed E-state index contributed by atoms with van der Waals surface area (Å²) >= 11 is 0. The maximum atomic E-state index is 13.4. The van der Waals surface area contributed by atoms with E-state index in [1.807, 2.05) is 0 Å². The number of nitrogen functional groups attached to an aromatic ring is 1. The zero-order chi connectivity index (χ0) is 11.9. The van der Waals surface area contributed by atoms with Gasteiger partial charge in [-0.2, -0.15) is 5.10 Å². The van der Waals surface area contributed by atoms with Gasteiger partial charge in [-0.1, -0.05) is 0 Å². The third-order valence-electron chi connectivity index (χ3n) is 2.31. The predicted octanol–water partition coefficient (Wildman–Crippen LogP) is 2.09. The minimum absolute atomic E-state index is 0.107. The van der Waals surface area contributed by atoms with E-state index in [-0.39, 0.29) is 16.9 Å². The normalized spacial score (nSPS) is 10.8. The summed E-state index contributed by atoms with van der Waals surface area (Å²) in [5, 5.41) is 3.79.